The number of hydrogen-bond donors (Lipinski definition) is 1. The highest BCUT2D eigenvalue weighted by molar-refractivity contribution is 8.23. The van der Waals surface area contributed by atoms with Gasteiger partial charge in [-0.3, -0.25) is 0 Å². The summed E-state index contributed by atoms with van der Waals surface area (Å²) in [7, 11) is 3.35. The molecule has 0 spiro atoms. The first-order valence-electron chi connectivity index (χ1n) is 6.96. The van der Waals surface area contributed by atoms with Crippen molar-refractivity contribution in [1.82, 2.24) is 5.32 Å². The molecule has 3 rings (SSSR count). The summed E-state index contributed by atoms with van der Waals surface area (Å²) < 4.78 is 11.3. The van der Waals surface area contributed by atoms with E-state index in [0.29, 0.717) is 0 Å². The van der Waals surface area contributed by atoms with Gasteiger partial charge in [-0.05, 0) is 35.4 Å². The maximum atomic E-state index is 5.37. The van der Waals surface area contributed by atoms with Crippen LogP contribution in [0.5, 0.6) is 11.5 Å². The van der Waals surface area contributed by atoms with Crippen molar-refractivity contribution >= 4 is 28.3 Å². The van der Waals surface area contributed by atoms with E-state index < -0.39 is 0 Å². The zero-order valence-electron chi connectivity index (χ0n) is 12.4. The van der Waals surface area contributed by atoms with Crippen molar-refractivity contribution in [3.8, 4) is 11.5 Å². The van der Waals surface area contributed by atoms with Crippen LogP contribution in [0.2, 0.25) is 0 Å². The average molecular weight is 331 g/mol. The highest BCUT2D eigenvalue weighted by Crippen LogP contribution is 2.46. The molecular weight excluding hydrogens is 314 g/mol. The van der Waals surface area contributed by atoms with Crippen LogP contribution in [-0.2, 0) is 0 Å². The van der Waals surface area contributed by atoms with Crippen molar-refractivity contribution in [2.24, 2.45) is 0 Å². The summed E-state index contributed by atoms with van der Waals surface area (Å²) in [5.41, 5.74) is 2.44. The van der Waals surface area contributed by atoms with Crippen molar-refractivity contribution in [3.63, 3.8) is 0 Å². The lowest BCUT2D eigenvalue weighted by atomic mass is 9.98. The van der Waals surface area contributed by atoms with Gasteiger partial charge in [0.2, 0.25) is 0 Å². The number of hydrogen-bond acceptors (Lipinski definition) is 4. The maximum Gasteiger partial charge on any atom is 0.134 e. The van der Waals surface area contributed by atoms with E-state index in [9.17, 15) is 0 Å². The van der Waals surface area contributed by atoms with Crippen LogP contribution in [0.3, 0.4) is 0 Å². The second-order valence-corrected chi connectivity index (χ2v) is 6.81. The summed E-state index contributed by atoms with van der Waals surface area (Å²) in [6, 6.07) is 16.5. The first-order chi connectivity index (χ1) is 10.7. The summed E-state index contributed by atoms with van der Waals surface area (Å²) >= 11 is 7.07. The first kappa shape index (κ1) is 15.2. The molecular formula is C17H17NO2S2. The highest BCUT2D eigenvalue weighted by Gasteiger charge is 2.33. The molecule has 1 heterocycles. The Hall–Kier alpha value is -1.72. The van der Waals surface area contributed by atoms with Crippen LogP contribution in [0.15, 0.2) is 48.5 Å². The standard InChI is InChI=1S/C17H17NO2S2/c1-19-13-7-3-11(4-8-13)15-16(22-17(21)18-15)12-5-9-14(20-2)10-6-12/h3-10,15-16H,1-2H3,(H,18,21). The molecule has 114 valence electrons. The lowest BCUT2D eigenvalue weighted by molar-refractivity contribution is 0.414. The van der Waals surface area contributed by atoms with Crippen molar-refractivity contribution in [2.45, 2.75) is 11.3 Å². The normalized spacial score (nSPS) is 20.5. The Morgan fingerprint density at radius 2 is 1.36 bits per heavy atom. The quantitative estimate of drug-likeness (QED) is 0.852. The third-order valence-electron chi connectivity index (χ3n) is 3.73. The van der Waals surface area contributed by atoms with Crippen molar-refractivity contribution < 1.29 is 9.47 Å². The lowest BCUT2D eigenvalue weighted by Gasteiger charge is -2.19. The Kier molecular flexibility index (Phi) is 4.55. The van der Waals surface area contributed by atoms with E-state index in [1.54, 1.807) is 26.0 Å². The minimum absolute atomic E-state index is 0.164. The summed E-state index contributed by atoms with van der Waals surface area (Å²) in [5.74, 6) is 1.72. The summed E-state index contributed by atoms with van der Waals surface area (Å²) in [5, 5.41) is 3.66. The molecule has 1 aliphatic heterocycles. The molecule has 1 saturated heterocycles. The predicted molar refractivity (Wildman–Crippen MR) is 94.8 cm³/mol. The fourth-order valence-corrected chi connectivity index (χ4v) is 4.06. The number of rotatable bonds is 4. The van der Waals surface area contributed by atoms with Crippen LogP contribution < -0.4 is 14.8 Å². The van der Waals surface area contributed by atoms with Crippen LogP contribution in [0, 0.1) is 0 Å². The van der Waals surface area contributed by atoms with Gasteiger partial charge in [-0.1, -0.05) is 48.2 Å². The van der Waals surface area contributed by atoms with E-state index in [1.807, 2.05) is 24.3 Å². The Morgan fingerprint density at radius 1 is 0.864 bits per heavy atom. The van der Waals surface area contributed by atoms with E-state index in [0.717, 1.165) is 15.8 Å². The molecule has 0 saturated carbocycles. The van der Waals surface area contributed by atoms with Gasteiger partial charge in [0, 0.05) is 0 Å². The van der Waals surface area contributed by atoms with Crippen molar-refractivity contribution in [2.75, 3.05) is 14.2 Å². The number of nitrogens with one attached hydrogen (secondary N) is 1. The molecule has 0 bridgehead atoms. The van der Waals surface area contributed by atoms with Crippen molar-refractivity contribution in [3.05, 3.63) is 59.7 Å². The van der Waals surface area contributed by atoms with Crippen LogP contribution in [0.4, 0.5) is 0 Å². The molecule has 1 fully saturated rings. The van der Waals surface area contributed by atoms with Gasteiger partial charge in [0.25, 0.3) is 0 Å². The predicted octanol–water partition coefficient (Wildman–Crippen LogP) is 4.11. The smallest absolute Gasteiger partial charge is 0.134 e. The van der Waals surface area contributed by atoms with Crippen LogP contribution >= 0.6 is 24.0 Å². The van der Waals surface area contributed by atoms with Gasteiger partial charge in [0.05, 0.1) is 25.5 Å². The number of methoxy groups -OCH3 is 2. The molecule has 0 aromatic heterocycles. The van der Waals surface area contributed by atoms with E-state index in [4.69, 9.17) is 21.7 Å². The fraction of sp³-hybridized carbons (Fsp3) is 0.235. The Labute approximate surface area is 140 Å². The summed E-state index contributed by atoms with van der Waals surface area (Å²) in [4.78, 5) is 0. The van der Waals surface area contributed by atoms with Crippen LogP contribution in [-0.4, -0.2) is 18.5 Å². The third kappa shape index (κ3) is 3.05. The molecule has 2 aromatic carbocycles. The zero-order chi connectivity index (χ0) is 15.5. The van der Waals surface area contributed by atoms with E-state index in [-0.39, 0.29) is 11.3 Å². The maximum absolute atomic E-state index is 5.37. The lowest BCUT2D eigenvalue weighted by Crippen LogP contribution is -2.19. The number of benzene rings is 2. The van der Waals surface area contributed by atoms with Crippen LogP contribution in [0.25, 0.3) is 0 Å². The molecule has 2 aromatic rings. The molecule has 0 radical (unpaired) electrons. The molecule has 1 aliphatic rings. The topological polar surface area (TPSA) is 30.5 Å². The molecule has 0 amide bonds. The van der Waals surface area contributed by atoms with Gasteiger partial charge in [0.15, 0.2) is 0 Å². The zero-order valence-corrected chi connectivity index (χ0v) is 14.0. The summed E-state index contributed by atoms with van der Waals surface area (Å²) in [6.07, 6.45) is 0. The number of thiocarbonyl (C=S) groups is 1. The van der Waals surface area contributed by atoms with E-state index in [1.165, 1.54) is 11.1 Å². The molecule has 0 aliphatic carbocycles. The fourth-order valence-electron chi connectivity index (χ4n) is 2.54. The molecule has 2 atom stereocenters. The minimum atomic E-state index is 0.164. The largest absolute Gasteiger partial charge is 0.497 e. The molecule has 3 nitrogen and oxygen atoms in total. The average Bonchev–Trinajstić information content (AvgIpc) is 2.97. The highest BCUT2D eigenvalue weighted by atomic mass is 32.2. The Balaban J connectivity index is 1.88. The van der Waals surface area contributed by atoms with Gasteiger partial charge in [-0.2, -0.15) is 0 Å². The van der Waals surface area contributed by atoms with E-state index >= 15 is 0 Å². The Morgan fingerprint density at radius 3 is 1.86 bits per heavy atom. The van der Waals surface area contributed by atoms with Gasteiger partial charge in [0.1, 0.15) is 15.8 Å². The number of thioether (sulfide) groups is 1. The molecule has 1 N–H and O–H groups in total. The minimum Gasteiger partial charge on any atom is -0.497 e. The second-order valence-electron chi connectivity index (χ2n) is 4.99. The molecule has 2 unspecified atom stereocenters. The third-order valence-corrected chi connectivity index (χ3v) is 5.27. The summed E-state index contributed by atoms with van der Waals surface area (Å²) in [6.45, 7) is 0. The van der Waals surface area contributed by atoms with Crippen LogP contribution in [0.1, 0.15) is 22.4 Å². The second kappa shape index (κ2) is 6.58. The number of ether oxygens (including phenoxy) is 2. The van der Waals surface area contributed by atoms with Gasteiger partial charge in [-0.25, -0.2) is 0 Å². The van der Waals surface area contributed by atoms with Gasteiger partial charge < -0.3 is 14.8 Å². The molecule has 22 heavy (non-hydrogen) atoms. The van der Waals surface area contributed by atoms with Gasteiger partial charge in [-0.15, -0.1) is 0 Å². The SMILES string of the molecule is COc1ccc(C2NC(=S)SC2c2ccc(OC)cc2)cc1. The first-order valence-corrected chi connectivity index (χ1v) is 8.25. The van der Waals surface area contributed by atoms with Gasteiger partial charge >= 0.3 is 0 Å². The van der Waals surface area contributed by atoms with Crippen molar-refractivity contribution in [1.29, 1.82) is 0 Å². The molecule has 5 heteroatoms. The monoisotopic (exact) mass is 331 g/mol. The van der Waals surface area contributed by atoms with E-state index in [2.05, 4.69) is 29.6 Å². The Bertz CT molecular complexity index is 598.